The summed E-state index contributed by atoms with van der Waals surface area (Å²) in [5.74, 6) is 0. The third kappa shape index (κ3) is 1.60. The summed E-state index contributed by atoms with van der Waals surface area (Å²) >= 11 is 3.48. The zero-order valence-corrected chi connectivity index (χ0v) is 8.58. The Kier molecular flexibility index (Phi) is 2.34. The van der Waals surface area contributed by atoms with Gasteiger partial charge in [0.15, 0.2) is 0 Å². The van der Waals surface area contributed by atoms with E-state index in [1.807, 2.05) is 30.3 Å². The first-order valence-electron chi connectivity index (χ1n) is 4.09. The van der Waals surface area contributed by atoms with Crippen LogP contribution in [0.5, 0.6) is 0 Å². The van der Waals surface area contributed by atoms with E-state index in [-0.39, 0.29) is 6.61 Å². The number of aliphatic hydroxyl groups is 1. The van der Waals surface area contributed by atoms with Gasteiger partial charge in [0.05, 0.1) is 6.61 Å². The highest BCUT2D eigenvalue weighted by Crippen LogP contribution is 2.25. The molecule has 0 spiro atoms. The zero-order chi connectivity index (χ0) is 9.26. The topological polar surface area (TPSA) is 20.2 Å². The van der Waals surface area contributed by atoms with Crippen molar-refractivity contribution in [2.24, 2.45) is 0 Å². The Bertz CT molecular complexity index is 437. The van der Waals surface area contributed by atoms with Gasteiger partial charge in [-0.05, 0) is 28.5 Å². The van der Waals surface area contributed by atoms with Crippen molar-refractivity contribution >= 4 is 26.7 Å². The molecule has 2 aromatic rings. The predicted octanol–water partition coefficient (Wildman–Crippen LogP) is 3.09. The Morgan fingerprint density at radius 3 is 2.69 bits per heavy atom. The molecular weight excluding hydrogens is 228 g/mol. The van der Waals surface area contributed by atoms with E-state index in [9.17, 15) is 0 Å². The molecule has 0 heterocycles. The average Bonchev–Trinajstić information content (AvgIpc) is 2.18. The lowest BCUT2D eigenvalue weighted by atomic mass is 10.1. The molecule has 0 bridgehead atoms. The van der Waals surface area contributed by atoms with Crippen molar-refractivity contribution in [3.63, 3.8) is 0 Å². The van der Waals surface area contributed by atoms with Crippen LogP contribution in [-0.2, 0) is 6.61 Å². The number of aliphatic hydroxyl groups excluding tert-OH is 1. The van der Waals surface area contributed by atoms with Crippen LogP contribution in [0.4, 0.5) is 0 Å². The van der Waals surface area contributed by atoms with Gasteiger partial charge in [0.1, 0.15) is 0 Å². The second-order valence-corrected chi connectivity index (χ2v) is 3.81. The summed E-state index contributed by atoms with van der Waals surface area (Å²) in [5.41, 5.74) is 0.936. The lowest BCUT2D eigenvalue weighted by molar-refractivity contribution is 0.282. The minimum atomic E-state index is 0.0867. The van der Waals surface area contributed by atoms with Gasteiger partial charge in [-0.25, -0.2) is 0 Å². The fourth-order valence-electron chi connectivity index (χ4n) is 1.41. The highest BCUT2D eigenvalue weighted by molar-refractivity contribution is 9.10. The van der Waals surface area contributed by atoms with Crippen LogP contribution in [0.2, 0.25) is 0 Å². The van der Waals surface area contributed by atoms with Gasteiger partial charge in [0, 0.05) is 4.47 Å². The van der Waals surface area contributed by atoms with Crippen molar-refractivity contribution in [3.05, 3.63) is 46.4 Å². The Morgan fingerprint density at radius 2 is 1.92 bits per heavy atom. The van der Waals surface area contributed by atoms with E-state index in [1.54, 1.807) is 0 Å². The van der Waals surface area contributed by atoms with Gasteiger partial charge in [0.2, 0.25) is 0 Å². The number of halogens is 1. The quantitative estimate of drug-likeness (QED) is 0.807. The van der Waals surface area contributed by atoms with Crippen LogP contribution in [0.3, 0.4) is 0 Å². The summed E-state index contributed by atoms with van der Waals surface area (Å²) in [5, 5.41) is 11.3. The van der Waals surface area contributed by atoms with E-state index in [0.717, 1.165) is 15.4 Å². The molecule has 0 amide bonds. The standard InChI is InChI=1S/C11H9BrO/c12-11-6-8(7-13)5-9-3-1-2-4-10(9)11/h1-6,13H,7H2. The normalized spacial score (nSPS) is 10.6. The van der Waals surface area contributed by atoms with Gasteiger partial charge >= 0.3 is 0 Å². The van der Waals surface area contributed by atoms with Gasteiger partial charge in [-0.1, -0.05) is 40.2 Å². The maximum Gasteiger partial charge on any atom is 0.0682 e. The minimum absolute atomic E-state index is 0.0867. The fourth-order valence-corrected chi connectivity index (χ4v) is 2.07. The van der Waals surface area contributed by atoms with Gasteiger partial charge in [-0.2, -0.15) is 0 Å². The number of hydrogen-bond donors (Lipinski definition) is 1. The highest BCUT2D eigenvalue weighted by atomic mass is 79.9. The van der Waals surface area contributed by atoms with E-state index in [4.69, 9.17) is 5.11 Å². The van der Waals surface area contributed by atoms with Crippen molar-refractivity contribution in [3.8, 4) is 0 Å². The van der Waals surface area contributed by atoms with Crippen LogP contribution >= 0.6 is 15.9 Å². The largest absolute Gasteiger partial charge is 0.392 e. The number of fused-ring (bicyclic) bond motifs is 1. The first kappa shape index (κ1) is 8.73. The van der Waals surface area contributed by atoms with Crippen LogP contribution in [0.15, 0.2) is 40.9 Å². The Balaban J connectivity index is 2.77. The lowest BCUT2D eigenvalue weighted by Gasteiger charge is -2.03. The molecule has 66 valence electrons. The summed E-state index contributed by atoms with van der Waals surface area (Å²) in [6, 6.07) is 12.0. The predicted molar refractivity (Wildman–Crippen MR) is 57.6 cm³/mol. The molecule has 0 saturated heterocycles. The van der Waals surface area contributed by atoms with Crippen molar-refractivity contribution in [1.82, 2.24) is 0 Å². The number of rotatable bonds is 1. The summed E-state index contributed by atoms with van der Waals surface area (Å²) in [7, 11) is 0. The van der Waals surface area contributed by atoms with Crippen LogP contribution in [0.1, 0.15) is 5.56 Å². The fraction of sp³-hybridized carbons (Fsp3) is 0.0909. The molecule has 0 atom stereocenters. The molecule has 2 aromatic carbocycles. The molecule has 1 N–H and O–H groups in total. The van der Waals surface area contributed by atoms with Crippen molar-refractivity contribution < 1.29 is 5.11 Å². The van der Waals surface area contributed by atoms with Crippen LogP contribution < -0.4 is 0 Å². The molecule has 0 aromatic heterocycles. The molecule has 13 heavy (non-hydrogen) atoms. The maximum atomic E-state index is 9.00. The van der Waals surface area contributed by atoms with Gasteiger partial charge in [-0.3, -0.25) is 0 Å². The monoisotopic (exact) mass is 236 g/mol. The van der Waals surface area contributed by atoms with Crippen LogP contribution in [0, 0.1) is 0 Å². The SMILES string of the molecule is OCc1cc(Br)c2ccccc2c1. The van der Waals surface area contributed by atoms with Crippen molar-refractivity contribution in [1.29, 1.82) is 0 Å². The van der Waals surface area contributed by atoms with E-state index in [1.165, 1.54) is 5.39 Å². The first-order valence-corrected chi connectivity index (χ1v) is 4.88. The summed E-state index contributed by atoms with van der Waals surface area (Å²) < 4.78 is 1.04. The molecule has 0 aliphatic carbocycles. The number of benzene rings is 2. The Morgan fingerprint density at radius 1 is 1.15 bits per heavy atom. The highest BCUT2D eigenvalue weighted by Gasteiger charge is 1.99. The molecule has 0 radical (unpaired) electrons. The Labute approximate surface area is 85.1 Å². The second-order valence-electron chi connectivity index (χ2n) is 2.96. The molecular formula is C11H9BrO. The summed E-state index contributed by atoms with van der Waals surface area (Å²) in [6.07, 6.45) is 0. The van der Waals surface area contributed by atoms with Crippen molar-refractivity contribution in [2.45, 2.75) is 6.61 Å². The zero-order valence-electron chi connectivity index (χ0n) is 7.00. The molecule has 0 unspecified atom stereocenters. The minimum Gasteiger partial charge on any atom is -0.392 e. The van der Waals surface area contributed by atoms with Gasteiger partial charge in [0.25, 0.3) is 0 Å². The third-order valence-corrected chi connectivity index (χ3v) is 2.71. The van der Waals surface area contributed by atoms with E-state index in [2.05, 4.69) is 22.0 Å². The number of hydrogen-bond acceptors (Lipinski definition) is 1. The molecule has 2 heteroatoms. The summed E-state index contributed by atoms with van der Waals surface area (Å²) in [6.45, 7) is 0.0867. The molecule has 0 aliphatic rings. The van der Waals surface area contributed by atoms with E-state index in [0.29, 0.717) is 0 Å². The maximum absolute atomic E-state index is 9.00. The van der Waals surface area contributed by atoms with Crippen LogP contribution in [-0.4, -0.2) is 5.11 Å². The van der Waals surface area contributed by atoms with Crippen LogP contribution in [0.25, 0.3) is 10.8 Å². The molecule has 0 fully saturated rings. The van der Waals surface area contributed by atoms with Crippen molar-refractivity contribution in [2.75, 3.05) is 0 Å². The van der Waals surface area contributed by atoms with Gasteiger partial charge in [-0.15, -0.1) is 0 Å². The van der Waals surface area contributed by atoms with E-state index < -0.39 is 0 Å². The second kappa shape index (κ2) is 3.48. The molecule has 0 aliphatic heterocycles. The molecule has 1 nitrogen and oxygen atoms in total. The smallest absolute Gasteiger partial charge is 0.0682 e. The first-order chi connectivity index (χ1) is 6.31. The Hall–Kier alpha value is -0.860. The summed E-state index contributed by atoms with van der Waals surface area (Å²) in [4.78, 5) is 0. The third-order valence-electron chi connectivity index (χ3n) is 2.05. The molecule has 0 saturated carbocycles. The van der Waals surface area contributed by atoms with E-state index >= 15 is 0 Å². The lowest BCUT2D eigenvalue weighted by Crippen LogP contribution is -1.83. The average molecular weight is 237 g/mol. The molecule has 2 rings (SSSR count). The van der Waals surface area contributed by atoms with Gasteiger partial charge < -0.3 is 5.11 Å².